The number of rotatable bonds is 9. The molecule has 1 aromatic carbocycles. The molecule has 0 fully saturated rings. The van der Waals surface area contributed by atoms with Crippen molar-refractivity contribution >= 4 is 28.1 Å². The monoisotopic (exact) mass is 371 g/mol. The number of nitro groups is 1. The lowest BCUT2D eigenvalue weighted by Gasteiger charge is -2.09. The summed E-state index contributed by atoms with van der Waals surface area (Å²) >= 11 is 0. The van der Waals surface area contributed by atoms with Crippen molar-refractivity contribution in [2.24, 2.45) is 0 Å². The van der Waals surface area contributed by atoms with E-state index in [-0.39, 0.29) is 19.0 Å². The van der Waals surface area contributed by atoms with Crippen molar-refractivity contribution in [1.82, 2.24) is 10.0 Å². The van der Waals surface area contributed by atoms with Gasteiger partial charge in [-0.2, -0.15) is 0 Å². The third-order valence-corrected chi connectivity index (χ3v) is 4.17. The van der Waals surface area contributed by atoms with Crippen LogP contribution in [0, 0.1) is 15.9 Å². The maximum absolute atomic E-state index is 13.8. The lowest BCUT2D eigenvalue weighted by molar-refractivity contribution is -0.386. The van der Waals surface area contributed by atoms with Crippen molar-refractivity contribution in [2.45, 2.75) is 18.2 Å². The molecule has 23 heavy (non-hydrogen) atoms. The Labute approximate surface area is 140 Å². The third-order valence-electron chi connectivity index (χ3n) is 2.73. The summed E-state index contributed by atoms with van der Waals surface area (Å²) < 4.78 is 44.6. The molecule has 0 radical (unpaired) electrons. The average molecular weight is 372 g/mol. The summed E-state index contributed by atoms with van der Waals surface area (Å²) in [6, 6.07) is 1.46. The Morgan fingerprint density at radius 3 is 2.48 bits per heavy atom. The molecule has 0 aromatic heterocycles. The number of nitrogens with zero attached hydrogens (tertiary/aromatic N) is 1. The lowest BCUT2D eigenvalue weighted by atomic mass is 10.3. The minimum atomic E-state index is -4.04. The van der Waals surface area contributed by atoms with Crippen LogP contribution in [0.2, 0.25) is 0 Å². The summed E-state index contributed by atoms with van der Waals surface area (Å²) in [4.78, 5) is 9.46. The number of benzene rings is 1. The van der Waals surface area contributed by atoms with E-state index in [1.54, 1.807) is 0 Å². The van der Waals surface area contributed by atoms with Crippen LogP contribution in [0.4, 0.5) is 10.1 Å². The second-order valence-corrected chi connectivity index (χ2v) is 6.13. The zero-order valence-corrected chi connectivity index (χ0v) is 14.3. The fraction of sp³-hybridized carbons (Fsp3) is 0.500. The molecule has 11 heteroatoms. The maximum atomic E-state index is 13.8. The van der Waals surface area contributed by atoms with Crippen LogP contribution in [0.25, 0.3) is 0 Å². The predicted octanol–water partition coefficient (Wildman–Crippen LogP) is 1.44. The summed E-state index contributed by atoms with van der Waals surface area (Å²) in [5.74, 6) is -1.71. The number of nitro benzene ring substituents is 1. The van der Waals surface area contributed by atoms with Gasteiger partial charge in [0.1, 0.15) is 0 Å². The number of sulfonamides is 1. The Morgan fingerprint density at radius 1 is 1.30 bits per heavy atom. The Kier molecular flexibility index (Phi) is 8.98. The van der Waals surface area contributed by atoms with Gasteiger partial charge < -0.3 is 10.1 Å². The highest BCUT2D eigenvalue weighted by atomic mass is 35.5. The number of halogens is 2. The number of ether oxygens (including phenoxy) is 1. The van der Waals surface area contributed by atoms with Crippen molar-refractivity contribution < 1.29 is 22.5 Å². The number of hydrogen-bond acceptors (Lipinski definition) is 6. The fourth-order valence-electron chi connectivity index (χ4n) is 1.71. The molecule has 1 rings (SSSR count). The Balaban J connectivity index is 0.00000484. The summed E-state index contributed by atoms with van der Waals surface area (Å²) in [7, 11) is -2.97. The van der Waals surface area contributed by atoms with E-state index in [1.165, 1.54) is 0 Å². The summed E-state index contributed by atoms with van der Waals surface area (Å²) in [6.45, 7) is 3.19. The van der Waals surface area contributed by atoms with Gasteiger partial charge in [0.2, 0.25) is 15.8 Å². The van der Waals surface area contributed by atoms with Crippen LogP contribution in [0.3, 0.4) is 0 Å². The molecule has 0 unspecified atom stereocenters. The van der Waals surface area contributed by atoms with Crippen molar-refractivity contribution in [3.63, 3.8) is 0 Å². The second-order valence-electron chi connectivity index (χ2n) is 4.36. The standard InChI is InChI=1S/C12H18FN3O5S.ClH/c1-3-4-14-5-6-15-22(19,20)9-7-10(13)12(21-2)11(8-9)16(17)18;/h7-8,14-15H,3-6H2,1-2H3;1H. The van der Waals surface area contributed by atoms with E-state index < -0.39 is 37.1 Å². The molecule has 0 atom stereocenters. The molecular formula is C12H19ClFN3O5S. The van der Waals surface area contributed by atoms with Crippen molar-refractivity contribution in [2.75, 3.05) is 26.7 Å². The highest BCUT2D eigenvalue weighted by molar-refractivity contribution is 7.89. The van der Waals surface area contributed by atoms with E-state index in [0.717, 1.165) is 26.1 Å². The molecule has 8 nitrogen and oxygen atoms in total. The van der Waals surface area contributed by atoms with Gasteiger partial charge in [0, 0.05) is 19.2 Å². The Hall–Kier alpha value is -1.49. The highest BCUT2D eigenvalue weighted by Gasteiger charge is 2.25. The minimum absolute atomic E-state index is 0. The van der Waals surface area contributed by atoms with Crippen molar-refractivity contribution in [3.8, 4) is 5.75 Å². The number of nitrogens with one attached hydrogen (secondary N) is 2. The minimum Gasteiger partial charge on any atom is -0.488 e. The zero-order chi connectivity index (χ0) is 16.8. The van der Waals surface area contributed by atoms with Gasteiger partial charge in [0.25, 0.3) is 0 Å². The molecule has 1 aromatic rings. The van der Waals surface area contributed by atoms with Crippen molar-refractivity contribution in [1.29, 1.82) is 0 Å². The second kappa shape index (κ2) is 9.60. The van der Waals surface area contributed by atoms with Gasteiger partial charge in [-0.25, -0.2) is 17.5 Å². The van der Waals surface area contributed by atoms with Gasteiger partial charge >= 0.3 is 5.69 Å². The van der Waals surface area contributed by atoms with Crippen LogP contribution in [0.5, 0.6) is 5.75 Å². The predicted molar refractivity (Wildman–Crippen MR) is 85.2 cm³/mol. The van der Waals surface area contributed by atoms with E-state index in [1.807, 2.05) is 6.92 Å². The van der Waals surface area contributed by atoms with Crippen LogP contribution >= 0.6 is 12.4 Å². The first-order valence-electron chi connectivity index (χ1n) is 6.55. The molecule has 2 N–H and O–H groups in total. The first-order valence-corrected chi connectivity index (χ1v) is 8.04. The molecule has 0 bridgehead atoms. The first kappa shape index (κ1) is 21.5. The zero-order valence-electron chi connectivity index (χ0n) is 12.7. The summed E-state index contributed by atoms with van der Waals surface area (Å²) in [6.07, 6.45) is 0.905. The largest absolute Gasteiger partial charge is 0.488 e. The van der Waals surface area contributed by atoms with Crippen LogP contribution in [-0.4, -0.2) is 40.1 Å². The molecular weight excluding hydrogens is 353 g/mol. The number of hydrogen-bond donors (Lipinski definition) is 2. The maximum Gasteiger partial charge on any atom is 0.315 e. The molecule has 0 saturated heterocycles. The van der Waals surface area contributed by atoms with Crippen LogP contribution in [-0.2, 0) is 10.0 Å². The van der Waals surface area contributed by atoms with Crippen molar-refractivity contribution in [3.05, 3.63) is 28.1 Å². The van der Waals surface area contributed by atoms with Gasteiger partial charge in [0.05, 0.1) is 16.9 Å². The van der Waals surface area contributed by atoms with Gasteiger partial charge in [-0.05, 0) is 19.0 Å². The summed E-state index contributed by atoms with van der Waals surface area (Å²) in [5.41, 5.74) is -0.744. The van der Waals surface area contributed by atoms with E-state index >= 15 is 0 Å². The lowest BCUT2D eigenvalue weighted by Crippen LogP contribution is -2.32. The molecule has 0 aliphatic carbocycles. The Morgan fingerprint density at radius 2 is 1.96 bits per heavy atom. The molecule has 0 spiro atoms. The number of methoxy groups -OCH3 is 1. The van der Waals surface area contributed by atoms with E-state index in [2.05, 4.69) is 14.8 Å². The highest BCUT2D eigenvalue weighted by Crippen LogP contribution is 2.32. The van der Waals surface area contributed by atoms with Gasteiger partial charge in [-0.3, -0.25) is 10.1 Å². The van der Waals surface area contributed by atoms with E-state index in [4.69, 9.17) is 0 Å². The smallest absolute Gasteiger partial charge is 0.315 e. The van der Waals surface area contributed by atoms with E-state index in [0.29, 0.717) is 12.6 Å². The van der Waals surface area contributed by atoms with Gasteiger partial charge in [-0.15, -0.1) is 12.4 Å². The SMILES string of the molecule is CCCNCCNS(=O)(=O)c1cc(F)c(OC)c([N+](=O)[O-])c1.Cl. The average Bonchev–Trinajstić information content (AvgIpc) is 2.45. The topological polar surface area (TPSA) is 111 Å². The molecule has 0 amide bonds. The van der Waals surface area contributed by atoms with Crippen LogP contribution < -0.4 is 14.8 Å². The van der Waals surface area contributed by atoms with Crippen LogP contribution in [0.1, 0.15) is 13.3 Å². The first-order chi connectivity index (χ1) is 10.3. The summed E-state index contributed by atoms with van der Waals surface area (Å²) in [5, 5.41) is 13.9. The normalized spacial score (nSPS) is 10.9. The molecule has 0 aliphatic heterocycles. The molecule has 0 heterocycles. The third kappa shape index (κ3) is 5.90. The fourth-order valence-corrected chi connectivity index (χ4v) is 2.77. The van der Waals surface area contributed by atoms with Gasteiger partial charge in [-0.1, -0.05) is 6.92 Å². The van der Waals surface area contributed by atoms with Crippen LogP contribution in [0.15, 0.2) is 17.0 Å². The van der Waals surface area contributed by atoms with E-state index in [9.17, 15) is 22.9 Å². The molecule has 0 saturated carbocycles. The van der Waals surface area contributed by atoms with Gasteiger partial charge in [0.15, 0.2) is 5.82 Å². The Bertz CT molecular complexity index is 642. The molecule has 0 aliphatic rings. The quantitative estimate of drug-likeness (QED) is 0.386. The molecule has 132 valence electrons.